The molecule has 0 bridgehead atoms. The van der Waals surface area contributed by atoms with E-state index in [0.29, 0.717) is 5.56 Å². The lowest BCUT2D eigenvalue weighted by Crippen LogP contribution is -2.17. The van der Waals surface area contributed by atoms with Crippen LogP contribution in [0.5, 0.6) is 0 Å². The second-order valence-electron chi connectivity index (χ2n) is 4.25. The van der Waals surface area contributed by atoms with E-state index in [4.69, 9.17) is 10.9 Å². The number of nitrogens with two attached hydrogens (primary N) is 1. The summed E-state index contributed by atoms with van der Waals surface area (Å²) in [5.41, 5.74) is 8.03. The average molecular weight is 273 g/mol. The van der Waals surface area contributed by atoms with E-state index in [2.05, 4.69) is 5.16 Å². The molecule has 3 N–H and O–H groups in total. The molecule has 5 heteroatoms. The molecule has 0 atom stereocenters. The first kappa shape index (κ1) is 13.9. The Hall–Kier alpha value is -2.56. The lowest BCUT2D eigenvalue weighted by molar-refractivity contribution is 0.318. The summed E-state index contributed by atoms with van der Waals surface area (Å²) in [5.74, 6) is -0.187. The Morgan fingerprint density at radius 3 is 2.05 bits per heavy atom. The molecule has 0 amide bonds. The van der Waals surface area contributed by atoms with Gasteiger partial charge in [-0.25, -0.2) is 4.39 Å². The molecule has 104 valence electrons. The summed E-state index contributed by atoms with van der Waals surface area (Å²) in [7, 11) is 0. The van der Waals surface area contributed by atoms with E-state index in [1.807, 2.05) is 24.0 Å². The van der Waals surface area contributed by atoms with E-state index in [0.717, 1.165) is 17.9 Å². The number of hydrogen-bond donors (Lipinski definition) is 2. The second kappa shape index (κ2) is 6.06. The van der Waals surface area contributed by atoms with Crippen LogP contribution in [0.25, 0.3) is 0 Å². The number of anilines is 2. The third-order valence-electron chi connectivity index (χ3n) is 3.04. The van der Waals surface area contributed by atoms with Crippen molar-refractivity contribution in [3.63, 3.8) is 0 Å². The third kappa shape index (κ3) is 2.88. The number of hydrogen-bond acceptors (Lipinski definition) is 3. The summed E-state index contributed by atoms with van der Waals surface area (Å²) in [6, 6.07) is 13.6. The highest BCUT2D eigenvalue weighted by molar-refractivity contribution is 5.97. The molecule has 0 aliphatic carbocycles. The first-order valence-corrected chi connectivity index (χ1v) is 6.26. The van der Waals surface area contributed by atoms with Gasteiger partial charge in [-0.3, -0.25) is 0 Å². The van der Waals surface area contributed by atoms with Gasteiger partial charge in [0.05, 0.1) is 0 Å². The minimum atomic E-state index is -0.257. The highest BCUT2D eigenvalue weighted by Crippen LogP contribution is 2.25. The average Bonchev–Trinajstić information content (AvgIpc) is 2.50. The summed E-state index contributed by atoms with van der Waals surface area (Å²) >= 11 is 0. The van der Waals surface area contributed by atoms with Crippen LogP contribution in [0.2, 0.25) is 0 Å². The van der Waals surface area contributed by atoms with E-state index >= 15 is 0 Å². The maximum absolute atomic E-state index is 13.0. The Labute approximate surface area is 116 Å². The zero-order valence-corrected chi connectivity index (χ0v) is 11.1. The first-order valence-electron chi connectivity index (χ1n) is 6.26. The largest absolute Gasteiger partial charge is 0.409 e. The van der Waals surface area contributed by atoms with Gasteiger partial charge in [-0.1, -0.05) is 5.16 Å². The van der Waals surface area contributed by atoms with Crippen molar-refractivity contribution in [3.8, 4) is 0 Å². The molecule has 4 nitrogen and oxygen atoms in total. The van der Waals surface area contributed by atoms with E-state index in [-0.39, 0.29) is 11.7 Å². The van der Waals surface area contributed by atoms with Gasteiger partial charge in [0.15, 0.2) is 5.84 Å². The Morgan fingerprint density at radius 2 is 1.60 bits per heavy atom. The van der Waals surface area contributed by atoms with Crippen molar-refractivity contribution >= 4 is 17.2 Å². The number of oxime groups is 1. The lowest BCUT2D eigenvalue weighted by atomic mass is 10.1. The quantitative estimate of drug-likeness (QED) is 0.389. The van der Waals surface area contributed by atoms with Crippen LogP contribution < -0.4 is 10.6 Å². The monoisotopic (exact) mass is 273 g/mol. The molecule has 0 saturated heterocycles. The number of rotatable bonds is 4. The molecule has 2 rings (SSSR count). The summed E-state index contributed by atoms with van der Waals surface area (Å²) in [6.07, 6.45) is 0. The van der Waals surface area contributed by atoms with Gasteiger partial charge in [0.2, 0.25) is 0 Å². The fraction of sp³-hybridized carbons (Fsp3) is 0.133. The molecular weight excluding hydrogens is 257 g/mol. The standard InChI is InChI=1S/C15H16FN3O/c1-2-19(14-9-5-12(16)6-10-14)13-7-3-11(4-8-13)15(17)18-20/h3-10,20H,2H2,1H3,(H2,17,18). The maximum Gasteiger partial charge on any atom is 0.170 e. The van der Waals surface area contributed by atoms with Gasteiger partial charge in [-0.15, -0.1) is 0 Å². The molecule has 0 radical (unpaired) electrons. The molecule has 0 heterocycles. The van der Waals surface area contributed by atoms with Crippen molar-refractivity contribution in [2.75, 3.05) is 11.4 Å². The van der Waals surface area contributed by atoms with Gasteiger partial charge in [0, 0.05) is 23.5 Å². The van der Waals surface area contributed by atoms with Gasteiger partial charge in [0.1, 0.15) is 5.82 Å². The van der Waals surface area contributed by atoms with Crippen molar-refractivity contribution in [2.45, 2.75) is 6.92 Å². The van der Waals surface area contributed by atoms with Crippen LogP contribution in [0.15, 0.2) is 53.7 Å². The molecular formula is C15H16FN3O. The van der Waals surface area contributed by atoms with E-state index in [9.17, 15) is 4.39 Å². The van der Waals surface area contributed by atoms with Crippen molar-refractivity contribution in [1.29, 1.82) is 0 Å². The van der Waals surface area contributed by atoms with Crippen LogP contribution in [0, 0.1) is 5.82 Å². The van der Waals surface area contributed by atoms with Crippen LogP contribution in [0.1, 0.15) is 12.5 Å². The Balaban J connectivity index is 2.30. The van der Waals surface area contributed by atoms with Crippen molar-refractivity contribution in [3.05, 3.63) is 59.9 Å². The fourth-order valence-electron chi connectivity index (χ4n) is 2.01. The minimum Gasteiger partial charge on any atom is -0.409 e. The molecule has 0 aliphatic rings. The normalized spacial score (nSPS) is 11.4. The number of halogens is 1. The maximum atomic E-state index is 13.0. The second-order valence-corrected chi connectivity index (χ2v) is 4.25. The summed E-state index contributed by atoms with van der Waals surface area (Å²) in [6.45, 7) is 2.76. The van der Waals surface area contributed by atoms with Gasteiger partial charge in [0.25, 0.3) is 0 Å². The lowest BCUT2D eigenvalue weighted by Gasteiger charge is -2.23. The highest BCUT2D eigenvalue weighted by atomic mass is 19.1. The van der Waals surface area contributed by atoms with E-state index in [1.165, 1.54) is 12.1 Å². The molecule has 0 fully saturated rings. The predicted molar refractivity (Wildman–Crippen MR) is 78.0 cm³/mol. The van der Waals surface area contributed by atoms with Crippen LogP contribution in [0.4, 0.5) is 15.8 Å². The van der Waals surface area contributed by atoms with Crippen LogP contribution >= 0.6 is 0 Å². The smallest absolute Gasteiger partial charge is 0.170 e. The molecule has 0 aromatic heterocycles. The molecule has 2 aromatic rings. The first-order chi connectivity index (χ1) is 9.65. The van der Waals surface area contributed by atoms with E-state index in [1.54, 1.807) is 24.3 Å². The van der Waals surface area contributed by atoms with Crippen molar-refractivity contribution in [2.24, 2.45) is 10.9 Å². The molecule has 0 saturated carbocycles. The fourth-order valence-corrected chi connectivity index (χ4v) is 2.01. The topological polar surface area (TPSA) is 61.8 Å². The molecule has 0 unspecified atom stereocenters. The number of benzene rings is 2. The molecule has 20 heavy (non-hydrogen) atoms. The Kier molecular flexibility index (Phi) is 4.20. The van der Waals surface area contributed by atoms with Crippen LogP contribution in [-0.4, -0.2) is 17.6 Å². The van der Waals surface area contributed by atoms with Gasteiger partial charge in [-0.2, -0.15) is 0 Å². The summed E-state index contributed by atoms with van der Waals surface area (Å²) < 4.78 is 13.0. The SMILES string of the molecule is CCN(c1ccc(F)cc1)c1ccc(C(N)=NO)cc1. The third-order valence-corrected chi connectivity index (χ3v) is 3.04. The number of nitrogens with zero attached hydrogens (tertiary/aromatic N) is 2. The summed E-state index contributed by atoms with van der Waals surface area (Å²) in [5, 5.41) is 11.6. The molecule has 2 aromatic carbocycles. The van der Waals surface area contributed by atoms with Crippen molar-refractivity contribution < 1.29 is 9.60 Å². The zero-order chi connectivity index (χ0) is 14.5. The van der Waals surface area contributed by atoms with Crippen molar-refractivity contribution in [1.82, 2.24) is 0 Å². The van der Waals surface area contributed by atoms with Crippen LogP contribution in [0.3, 0.4) is 0 Å². The van der Waals surface area contributed by atoms with Gasteiger partial charge < -0.3 is 15.8 Å². The van der Waals surface area contributed by atoms with E-state index < -0.39 is 0 Å². The number of amidine groups is 1. The van der Waals surface area contributed by atoms with Gasteiger partial charge in [-0.05, 0) is 55.5 Å². The summed E-state index contributed by atoms with van der Waals surface area (Å²) in [4.78, 5) is 2.04. The highest BCUT2D eigenvalue weighted by Gasteiger charge is 2.08. The van der Waals surface area contributed by atoms with Gasteiger partial charge >= 0.3 is 0 Å². The predicted octanol–water partition coefficient (Wildman–Crippen LogP) is 3.08. The Morgan fingerprint density at radius 1 is 1.10 bits per heavy atom. The molecule has 0 spiro atoms. The minimum absolute atomic E-state index is 0.0707. The van der Waals surface area contributed by atoms with Crippen LogP contribution in [-0.2, 0) is 0 Å². The zero-order valence-electron chi connectivity index (χ0n) is 11.1. The molecule has 0 aliphatic heterocycles. The Bertz CT molecular complexity index is 594.